The highest BCUT2D eigenvalue weighted by Gasteiger charge is 2.48. The van der Waals surface area contributed by atoms with Crippen LogP contribution in [0.1, 0.15) is 25.7 Å². The predicted octanol–water partition coefficient (Wildman–Crippen LogP) is 3.20. The van der Waals surface area contributed by atoms with Crippen LogP contribution in [0, 0.1) is 23.5 Å². The molecule has 28 heavy (non-hydrogen) atoms. The normalized spacial score (nSPS) is 21.7. The predicted molar refractivity (Wildman–Crippen MR) is 98.3 cm³/mol. The Kier molecular flexibility index (Phi) is 4.92. The largest absolute Gasteiger partial charge is 0.300 e. The molecule has 3 amide bonds. The maximum Gasteiger partial charge on any atom is 0.246 e. The maximum atomic E-state index is 13.4. The summed E-state index contributed by atoms with van der Waals surface area (Å²) >= 11 is 1.11. The lowest BCUT2D eigenvalue weighted by molar-refractivity contribution is -0.142. The molecule has 1 saturated carbocycles. The number of halogens is 2. The van der Waals surface area contributed by atoms with Crippen molar-refractivity contribution in [2.24, 2.45) is 11.8 Å². The Balaban J connectivity index is 1.42. The molecule has 2 aliphatic rings. The van der Waals surface area contributed by atoms with E-state index in [-0.39, 0.29) is 35.3 Å². The number of imide groups is 1. The minimum Gasteiger partial charge on any atom is -0.300 e. The van der Waals surface area contributed by atoms with E-state index in [1.54, 1.807) is 5.38 Å². The first kappa shape index (κ1) is 18.7. The van der Waals surface area contributed by atoms with Gasteiger partial charge >= 0.3 is 0 Å². The number of hydrogen-bond donors (Lipinski definition) is 1. The number of hydrogen-bond acceptors (Lipinski definition) is 5. The van der Waals surface area contributed by atoms with Crippen molar-refractivity contribution in [1.82, 2.24) is 9.88 Å². The number of nitrogens with zero attached hydrogens (tertiary/aromatic N) is 2. The smallest absolute Gasteiger partial charge is 0.246 e. The lowest BCUT2D eigenvalue weighted by atomic mass is 9.81. The van der Waals surface area contributed by atoms with Gasteiger partial charge in [-0.15, -0.1) is 11.3 Å². The van der Waals surface area contributed by atoms with Crippen molar-refractivity contribution >= 4 is 34.2 Å². The summed E-state index contributed by atoms with van der Waals surface area (Å²) < 4.78 is 26.4. The molecule has 146 valence electrons. The van der Waals surface area contributed by atoms with Crippen LogP contribution in [-0.2, 0) is 14.4 Å². The van der Waals surface area contributed by atoms with Gasteiger partial charge < -0.3 is 5.32 Å². The molecule has 1 aliphatic carbocycles. The van der Waals surface area contributed by atoms with Gasteiger partial charge in [0.2, 0.25) is 17.7 Å². The average Bonchev–Trinajstić information content (AvgIpc) is 3.23. The van der Waals surface area contributed by atoms with Gasteiger partial charge in [0.05, 0.1) is 17.5 Å². The molecule has 1 aliphatic heterocycles. The van der Waals surface area contributed by atoms with Gasteiger partial charge in [-0.2, -0.15) is 0 Å². The Morgan fingerprint density at radius 3 is 2.46 bits per heavy atom. The topological polar surface area (TPSA) is 79.4 Å². The van der Waals surface area contributed by atoms with Crippen LogP contribution in [0.4, 0.5) is 13.9 Å². The summed E-state index contributed by atoms with van der Waals surface area (Å²) in [4.78, 5) is 42.4. The Hall–Kier alpha value is -2.68. The van der Waals surface area contributed by atoms with E-state index >= 15 is 0 Å². The number of aromatic nitrogens is 1. The quantitative estimate of drug-likeness (QED) is 0.793. The van der Waals surface area contributed by atoms with Crippen LogP contribution >= 0.6 is 11.3 Å². The number of nitrogens with one attached hydrogen (secondary N) is 1. The average molecular weight is 405 g/mol. The van der Waals surface area contributed by atoms with Crippen LogP contribution in [0.5, 0.6) is 0 Å². The van der Waals surface area contributed by atoms with E-state index in [1.165, 1.54) is 6.07 Å². The van der Waals surface area contributed by atoms with E-state index in [0.29, 0.717) is 24.1 Å². The van der Waals surface area contributed by atoms with Gasteiger partial charge in [-0.25, -0.2) is 13.8 Å². The summed E-state index contributed by atoms with van der Waals surface area (Å²) in [6.07, 6.45) is 3.23. The van der Waals surface area contributed by atoms with E-state index < -0.39 is 17.5 Å². The van der Waals surface area contributed by atoms with Crippen molar-refractivity contribution in [2.45, 2.75) is 25.7 Å². The minimum atomic E-state index is -0.983. The van der Waals surface area contributed by atoms with Crippen molar-refractivity contribution in [2.75, 3.05) is 11.9 Å². The zero-order valence-electron chi connectivity index (χ0n) is 14.8. The third-order valence-electron chi connectivity index (χ3n) is 5.20. The fourth-order valence-corrected chi connectivity index (χ4v) is 4.54. The number of thiazole rings is 1. The van der Waals surface area contributed by atoms with E-state index in [9.17, 15) is 23.2 Å². The Morgan fingerprint density at radius 2 is 1.82 bits per heavy atom. The van der Waals surface area contributed by atoms with Crippen LogP contribution in [0.3, 0.4) is 0 Å². The molecule has 2 atom stereocenters. The summed E-state index contributed by atoms with van der Waals surface area (Å²) in [6, 6.07) is 3.42. The molecule has 1 N–H and O–H groups in total. The highest BCUT2D eigenvalue weighted by Crippen LogP contribution is 2.38. The number of anilines is 1. The van der Waals surface area contributed by atoms with Gasteiger partial charge in [0.25, 0.3) is 0 Å². The summed E-state index contributed by atoms with van der Waals surface area (Å²) in [6.45, 7) is -0.343. The lowest BCUT2D eigenvalue weighted by Crippen LogP contribution is -2.38. The Labute approximate surface area is 163 Å². The standard InChI is InChI=1S/C19H17F2N3O3S/c20-13-6-5-10(7-14(13)21)15-9-28-19(22-15)23-16(25)8-24-17(26)11-3-1-2-4-12(11)18(24)27/h5-7,9,11-12H,1-4,8H2,(H,22,23,25). The molecule has 1 aromatic carbocycles. The summed E-state index contributed by atoms with van der Waals surface area (Å²) in [7, 11) is 0. The first-order chi connectivity index (χ1) is 13.4. The number of carbonyl (C=O) groups is 3. The molecule has 6 nitrogen and oxygen atoms in total. The monoisotopic (exact) mass is 405 g/mol. The molecule has 0 spiro atoms. The molecule has 4 rings (SSSR count). The maximum absolute atomic E-state index is 13.4. The van der Waals surface area contributed by atoms with E-state index in [4.69, 9.17) is 0 Å². The van der Waals surface area contributed by atoms with E-state index in [1.807, 2.05) is 0 Å². The molecule has 2 aromatic rings. The molecular formula is C19H17F2N3O3S. The van der Waals surface area contributed by atoms with Crippen LogP contribution in [0.2, 0.25) is 0 Å². The van der Waals surface area contributed by atoms with Crippen LogP contribution in [0.25, 0.3) is 11.3 Å². The number of carbonyl (C=O) groups excluding carboxylic acids is 3. The van der Waals surface area contributed by atoms with Crippen molar-refractivity contribution in [3.8, 4) is 11.3 Å². The fraction of sp³-hybridized carbons (Fsp3) is 0.368. The van der Waals surface area contributed by atoms with Crippen molar-refractivity contribution < 1.29 is 23.2 Å². The van der Waals surface area contributed by atoms with Crippen molar-refractivity contribution in [1.29, 1.82) is 0 Å². The third kappa shape index (κ3) is 3.42. The second-order valence-corrected chi connectivity index (χ2v) is 7.83. The second-order valence-electron chi connectivity index (χ2n) is 6.98. The molecule has 1 aromatic heterocycles. The number of benzene rings is 1. The molecule has 0 bridgehead atoms. The molecule has 2 unspecified atom stereocenters. The lowest BCUT2D eigenvalue weighted by Gasteiger charge is -2.19. The molecule has 1 saturated heterocycles. The SMILES string of the molecule is O=C(CN1C(=O)C2CCCCC2C1=O)Nc1nc(-c2ccc(F)c(F)c2)cs1. The van der Waals surface area contributed by atoms with Crippen LogP contribution in [0.15, 0.2) is 23.6 Å². The molecule has 2 fully saturated rings. The minimum absolute atomic E-state index is 0.251. The highest BCUT2D eigenvalue weighted by atomic mass is 32.1. The zero-order chi connectivity index (χ0) is 19.8. The fourth-order valence-electron chi connectivity index (χ4n) is 3.81. The Bertz CT molecular complexity index is 938. The molecule has 9 heteroatoms. The van der Waals surface area contributed by atoms with Gasteiger partial charge in [-0.05, 0) is 31.0 Å². The summed E-state index contributed by atoms with van der Waals surface area (Å²) in [5.41, 5.74) is 0.767. The highest BCUT2D eigenvalue weighted by molar-refractivity contribution is 7.14. The number of amides is 3. The van der Waals surface area contributed by atoms with Crippen molar-refractivity contribution in [3.63, 3.8) is 0 Å². The first-order valence-corrected chi connectivity index (χ1v) is 9.88. The Morgan fingerprint density at radius 1 is 1.14 bits per heavy atom. The number of fused-ring (bicyclic) bond motifs is 1. The molecular weight excluding hydrogens is 388 g/mol. The second kappa shape index (κ2) is 7.38. The van der Waals surface area contributed by atoms with Gasteiger partial charge in [-0.3, -0.25) is 19.3 Å². The van der Waals surface area contributed by atoms with Gasteiger partial charge in [-0.1, -0.05) is 12.8 Å². The summed E-state index contributed by atoms with van der Waals surface area (Å²) in [5.74, 6) is -3.59. The molecule has 2 heterocycles. The summed E-state index contributed by atoms with van der Waals surface area (Å²) in [5, 5.41) is 4.41. The van der Waals surface area contributed by atoms with Gasteiger partial charge in [0, 0.05) is 10.9 Å². The van der Waals surface area contributed by atoms with E-state index in [0.717, 1.165) is 41.2 Å². The zero-order valence-corrected chi connectivity index (χ0v) is 15.6. The van der Waals surface area contributed by atoms with E-state index in [2.05, 4.69) is 10.3 Å². The van der Waals surface area contributed by atoms with Crippen molar-refractivity contribution in [3.05, 3.63) is 35.2 Å². The van der Waals surface area contributed by atoms with Crippen LogP contribution < -0.4 is 5.32 Å². The van der Waals surface area contributed by atoms with Gasteiger partial charge in [0.15, 0.2) is 16.8 Å². The molecule has 0 radical (unpaired) electrons. The number of rotatable bonds is 4. The number of likely N-dealkylation sites (tertiary alicyclic amines) is 1. The van der Waals surface area contributed by atoms with Gasteiger partial charge in [0.1, 0.15) is 6.54 Å². The van der Waals surface area contributed by atoms with Crippen LogP contribution in [-0.4, -0.2) is 34.2 Å². The third-order valence-corrected chi connectivity index (χ3v) is 5.96. The first-order valence-electron chi connectivity index (χ1n) is 9.00.